The van der Waals surface area contributed by atoms with Crippen molar-refractivity contribution in [3.63, 3.8) is 0 Å². The van der Waals surface area contributed by atoms with E-state index in [1.54, 1.807) is 6.92 Å². The van der Waals surface area contributed by atoms with Gasteiger partial charge in [0.25, 0.3) is 0 Å². The maximum absolute atomic E-state index is 11.2. The third-order valence-electron chi connectivity index (χ3n) is 5.15. The normalized spacial score (nSPS) is 10.8. The Kier molecular flexibility index (Phi) is 13.9. The van der Waals surface area contributed by atoms with Crippen molar-refractivity contribution in [2.45, 2.75) is 104 Å². The van der Waals surface area contributed by atoms with Crippen LogP contribution in [0.1, 0.15) is 114 Å². The molecule has 0 aromatic heterocycles. The van der Waals surface area contributed by atoms with Crippen LogP contribution in [-0.4, -0.2) is 12.3 Å². The molecule has 26 heavy (non-hydrogen) atoms. The molecule has 1 N–H and O–H groups in total. The van der Waals surface area contributed by atoms with Crippen molar-refractivity contribution in [2.24, 2.45) is 0 Å². The number of carbonyl (C=O) groups is 1. The Morgan fingerprint density at radius 3 is 1.54 bits per heavy atom. The minimum atomic E-state index is 0.128. The Morgan fingerprint density at radius 2 is 1.12 bits per heavy atom. The molecule has 0 amide bonds. The molecule has 0 radical (unpaired) electrons. The number of benzene rings is 1. The summed E-state index contributed by atoms with van der Waals surface area (Å²) in [6, 6.07) is 7.80. The fourth-order valence-electron chi connectivity index (χ4n) is 3.38. The Morgan fingerprint density at radius 1 is 0.692 bits per heavy atom. The van der Waals surface area contributed by atoms with Crippen LogP contribution in [0.2, 0.25) is 0 Å². The lowest BCUT2D eigenvalue weighted by molar-refractivity contribution is 0.101. The first-order valence-electron chi connectivity index (χ1n) is 11.1. The van der Waals surface area contributed by atoms with Crippen molar-refractivity contribution in [1.82, 2.24) is 0 Å². The Balaban J connectivity index is 1.83. The zero-order valence-electron chi connectivity index (χ0n) is 17.3. The minimum Gasteiger partial charge on any atom is -0.385 e. The quantitative estimate of drug-likeness (QED) is 0.227. The molecular formula is C24H41NO. The number of nitrogens with one attached hydrogen (secondary N) is 1. The molecular weight excluding hydrogens is 318 g/mol. The van der Waals surface area contributed by atoms with Crippen LogP contribution >= 0.6 is 0 Å². The monoisotopic (exact) mass is 359 g/mol. The molecule has 2 heteroatoms. The molecule has 0 unspecified atom stereocenters. The van der Waals surface area contributed by atoms with Crippen LogP contribution in [0.25, 0.3) is 0 Å². The minimum absolute atomic E-state index is 0.128. The van der Waals surface area contributed by atoms with E-state index in [0.717, 1.165) is 17.8 Å². The van der Waals surface area contributed by atoms with Gasteiger partial charge in [-0.05, 0) is 37.6 Å². The smallest absolute Gasteiger partial charge is 0.159 e. The molecule has 1 aromatic carbocycles. The van der Waals surface area contributed by atoms with Crippen molar-refractivity contribution in [3.05, 3.63) is 29.8 Å². The summed E-state index contributed by atoms with van der Waals surface area (Å²) in [5.41, 5.74) is 1.90. The molecule has 0 aliphatic carbocycles. The SMILES string of the molecule is CCCCCCCCCCCCCCCCNc1ccc(C(C)=O)cc1. The summed E-state index contributed by atoms with van der Waals surface area (Å²) in [6.45, 7) is 4.92. The van der Waals surface area contributed by atoms with Gasteiger partial charge < -0.3 is 5.32 Å². The van der Waals surface area contributed by atoms with E-state index in [0.29, 0.717) is 0 Å². The number of ketones is 1. The van der Waals surface area contributed by atoms with Crippen LogP contribution in [0, 0.1) is 0 Å². The summed E-state index contributed by atoms with van der Waals surface area (Å²) in [6.07, 6.45) is 19.6. The summed E-state index contributed by atoms with van der Waals surface area (Å²) in [5, 5.41) is 3.44. The van der Waals surface area contributed by atoms with Crippen LogP contribution < -0.4 is 5.32 Å². The van der Waals surface area contributed by atoms with Crippen LogP contribution in [0.4, 0.5) is 5.69 Å². The van der Waals surface area contributed by atoms with Gasteiger partial charge in [-0.15, -0.1) is 0 Å². The van der Waals surface area contributed by atoms with Gasteiger partial charge in [0.1, 0.15) is 0 Å². The van der Waals surface area contributed by atoms with Crippen LogP contribution in [-0.2, 0) is 0 Å². The highest BCUT2D eigenvalue weighted by molar-refractivity contribution is 5.94. The van der Waals surface area contributed by atoms with E-state index in [-0.39, 0.29) is 5.78 Å². The van der Waals surface area contributed by atoms with E-state index in [4.69, 9.17) is 0 Å². The highest BCUT2D eigenvalue weighted by Crippen LogP contribution is 2.14. The van der Waals surface area contributed by atoms with E-state index in [1.165, 1.54) is 89.9 Å². The van der Waals surface area contributed by atoms with Crippen LogP contribution in [0.3, 0.4) is 0 Å². The topological polar surface area (TPSA) is 29.1 Å². The number of carbonyl (C=O) groups excluding carboxylic acids is 1. The zero-order chi connectivity index (χ0) is 18.9. The molecule has 0 aliphatic rings. The second-order valence-corrected chi connectivity index (χ2v) is 7.66. The first-order valence-corrected chi connectivity index (χ1v) is 11.1. The molecule has 1 rings (SSSR count). The Bertz CT molecular complexity index is 452. The van der Waals surface area contributed by atoms with E-state index < -0.39 is 0 Å². The van der Waals surface area contributed by atoms with Gasteiger partial charge in [-0.1, -0.05) is 90.4 Å². The average molecular weight is 360 g/mol. The summed E-state index contributed by atoms with van der Waals surface area (Å²) in [4.78, 5) is 11.2. The van der Waals surface area contributed by atoms with Gasteiger partial charge >= 0.3 is 0 Å². The van der Waals surface area contributed by atoms with Gasteiger partial charge in [-0.2, -0.15) is 0 Å². The molecule has 0 saturated carbocycles. The lowest BCUT2D eigenvalue weighted by atomic mass is 10.0. The van der Waals surface area contributed by atoms with Gasteiger partial charge in [0.2, 0.25) is 0 Å². The zero-order valence-corrected chi connectivity index (χ0v) is 17.3. The summed E-state index contributed by atoms with van der Waals surface area (Å²) >= 11 is 0. The lowest BCUT2D eigenvalue weighted by Gasteiger charge is -2.07. The lowest BCUT2D eigenvalue weighted by Crippen LogP contribution is -2.01. The van der Waals surface area contributed by atoms with E-state index >= 15 is 0 Å². The van der Waals surface area contributed by atoms with Crippen molar-refractivity contribution < 1.29 is 4.79 Å². The van der Waals surface area contributed by atoms with Crippen LogP contribution in [0.5, 0.6) is 0 Å². The van der Waals surface area contributed by atoms with Crippen molar-refractivity contribution >= 4 is 11.5 Å². The second kappa shape index (κ2) is 15.9. The summed E-state index contributed by atoms with van der Waals surface area (Å²) < 4.78 is 0. The molecule has 0 aliphatic heterocycles. The van der Waals surface area contributed by atoms with Gasteiger partial charge in [-0.3, -0.25) is 4.79 Å². The highest BCUT2D eigenvalue weighted by atomic mass is 16.1. The molecule has 0 bridgehead atoms. The van der Waals surface area contributed by atoms with E-state index in [1.807, 2.05) is 24.3 Å². The number of hydrogen-bond acceptors (Lipinski definition) is 2. The Hall–Kier alpha value is -1.31. The second-order valence-electron chi connectivity index (χ2n) is 7.66. The molecule has 0 fully saturated rings. The molecule has 2 nitrogen and oxygen atoms in total. The first-order chi connectivity index (χ1) is 12.7. The fourth-order valence-corrected chi connectivity index (χ4v) is 3.38. The molecule has 0 heterocycles. The number of anilines is 1. The summed E-state index contributed by atoms with van der Waals surface area (Å²) in [7, 11) is 0. The van der Waals surface area contributed by atoms with Gasteiger partial charge in [0.15, 0.2) is 5.78 Å². The molecule has 0 atom stereocenters. The predicted octanol–water partition coefficient (Wildman–Crippen LogP) is 7.78. The predicted molar refractivity (Wildman–Crippen MR) is 115 cm³/mol. The van der Waals surface area contributed by atoms with Crippen LogP contribution in [0.15, 0.2) is 24.3 Å². The fraction of sp³-hybridized carbons (Fsp3) is 0.708. The van der Waals surface area contributed by atoms with E-state index in [2.05, 4.69) is 12.2 Å². The third kappa shape index (κ3) is 12.1. The number of Topliss-reactive ketones (excluding diaryl/α,β-unsaturated/α-hetero) is 1. The number of unbranched alkanes of at least 4 members (excludes halogenated alkanes) is 13. The Labute approximate surface area is 162 Å². The maximum Gasteiger partial charge on any atom is 0.159 e. The molecule has 148 valence electrons. The van der Waals surface area contributed by atoms with Crippen molar-refractivity contribution in [1.29, 1.82) is 0 Å². The average Bonchev–Trinajstić information content (AvgIpc) is 2.65. The molecule has 0 saturated heterocycles. The van der Waals surface area contributed by atoms with Crippen molar-refractivity contribution in [3.8, 4) is 0 Å². The largest absolute Gasteiger partial charge is 0.385 e. The first kappa shape index (κ1) is 22.7. The molecule has 1 aromatic rings. The van der Waals surface area contributed by atoms with Gasteiger partial charge in [-0.25, -0.2) is 0 Å². The number of hydrogen-bond donors (Lipinski definition) is 1. The van der Waals surface area contributed by atoms with Crippen molar-refractivity contribution in [2.75, 3.05) is 11.9 Å². The highest BCUT2D eigenvalue weighted by Gasteiger charge is 1.98. The van der Waals surface area contributed by atoms with Gasteiger partial charge in [0, 0.05) is 17.8 Å². The maximum atomic E-state index is 11.2. The summed E-state index contributed by atoms with van der Waals surface area (Å²) in [5.74, 6) is 0.128. The number of rotatable bonds is 17. The van der Waals surface area contributed by atoms with E-state index in [9.17, 15) is 4.79 Å². The standard InChI is InChI=1S/C24H41NO/c1-3-4-5-6-7-8-9-10-11-12-13-14-15-16-21-25-24-19-17-23(18-20-24)22(2)26/h17-20,25H,3-16,21H2,1-2H3. The third-order valence-corrected chi connectivity index (χ3v) is 5.15. The van der Waals surface area contributed by atoms with Gasteiger partial charge in [0.05, 0.1) is 0 Å². The molecule has 0 spiro atoms.